The normalized spacial score (nSPS) is 10.5. The monoisotopic (exact) mass is 316 g/mol. The first-order valence-electron chi connectivity index (χ1n) is 5.06. The van der Waals surface area contributed by atoms with Crippen molar-refractivity contribution in [2.24, 2.45) is 0 Å². The summed E-state index contributed by atoms with van der Waals surface area (Å²) in [6.07, 6.45) is 0. The number of carboxylic acid groups (broad SMARTS) is 1. The van der Waals surface area contributed by atoms with Gasteiger partial charge in [0.1, 0.15) is 10.2 Å². The Bertz CT molecular complexity index is 617. The molecule has 9 heteroatoms. The van der Waals surface area contributed by atoms with Gasteiger partial charge in [-0.25, -0.2) is 9.78 Å². The fourth-order valence-corrected chi connectivity index (χ4v) is 3.15. The first-order valence-corrected chi connectivity index (χ1v) is 7.07. The summed E-state index contributed by atoms with van der Waals surface area (Å²) in [6.45, 7) is 0. The zero-order valence-electron chi connectivity index (χ0n) is 9.99. The van der Waals surface area contributed by atoms with E-state index in [4.69, 9.17) is 16.7 Å². The van der Waals surface area contributed by atoms with Crippen LogP contribution in [0.4, 0.5) is 5.13 Å². The van der Waals surface area contributed by atoms with Crippen molar-refractivity contribution < 1.29 is 9.90 Å². The van der Waals surface area contributed by atoms with Crippen molar-refractivity contribution in [2.45, 2.75) is 9.37 Å². The van der Waals surface area contributed by atoms with E-state index in [1.165, 1.54) is 23.5 Å². The van der Waals surface area contributed by atoms with Crippen LogP contribution in [0.25, 0.3) is 0 Å². The van der Waals surface area contributed by atoms with E-state index in [-0.39, 0.29) is 10.7 Å². The van der Waals surface area contributed by atoms with Crippen LogP contribution < -0.4 is 4.90 Å². The number of pyridine rings is 1. The summed E-state index contributed by atoms with van der Waals surface area (Å²) in [5.74, 6) is -1.05. The molecule has 0 aliphatic carbocycles. The minimum atomic E-state index is -1.05. The highest BCUT2D eigenvalue weighted by molar-refractivity contribution is 8.01. The molecule has 19 heavy (non-hydrogen) atoms. The molecule has 0 saturated carbocycles. The lowest BCUT2D eigenvalue weighted by molar-refractivity contribution is 0.0692. The van der Waals surface area contributed by atoms with Gasteiger partial charge in [-0.05, 0) is 23.9 Å². The molecule has 0 radical (unpaired) electrons. The zero-order chi connectivity index (χ0) is 14.0. The highest BCUT2D eigenvalue weighted by Gasteiger charge is 2.16. The number of carboxylic acids is 1. The maximum atomic E-state index is 11.1. The number of aromatic carboxylic acids is 1. The molecule has 0 atom stereocenters. The number of nitrogens with zero attached hydrogens (tertiary/aromatic N) is 4. The molecule has 2 aromatic heterocycles. The van der Waals surface area contributed by atoms with Crippen LogP contribution in [0, 0.1) is 0 Å². The fraction of sp³-hybridized carbons (Fsp3) is 0.200. The molecule has 0 unspecified atom stereocenters. The molecule has 0 fully saturated rings. The van der Waals surface area contributed by atoms with Gasteiger partial charge in [0.2, 0.25) is 5.13 Å². The highest BCUT2D eigenvalue weighted by Crippen LogP contribution is 2.34. The highest BCUT2D eigenvalue weighted by atomic mass is 35.5. The van der Waals surface area contributed by atoms with E-state index in [9.17, 15) is 4.79 Å². The maximum absolute atomic E-state index is 11.1. The standard InChI is InChI=1S/C10H9ClN4O2S2/c1-15(2)9-13-14-10(19-9)18-7-5(8(16)17)3-4-6(11)12-7/h3-4H,1-2H3,(H,16,17). The number of aromatic nitrogens is 3. The number of rotatable bonds is 4. The maximum Gasteiger partial charge on any atom is 0.338 e. The zero-order valence-corrected chi connectivity index (χ0v) is 12.4. The smallest absolute Gasteiger partial charge is 0.338 e. The van der Waals surface area contributed by atoms with Gasteiger partial charge in [-0.15, -0.1) is 10.2 Å². The fourth-order valence-electron chi connectivity index (χ4n) is 1.17. The Labute approximate surface area is 122 Å². The van der Waals surface area contributed by atoms with Crippen LogP contribution in [-0.2, 0) is 0 Å². The lowest BCUT2D eigenvalue weighted by atomic mass is 10.3. The second-order valence-electron chi connectivity index (χ2n) is 3.64. The van der Waals surface area contributed by atoms with Crippen LogP contribution in [0.1, 0.15) is 10.4 Å². The van der Waals surface area contributed by atoms with Gasteiger partial charge in [-0.1, -0.05) is 22.9 Å². The van der Waals surface area contributed by atoms with Crippen molar-refractivity contribution in [2.75, 3.05) is 19.0 Å². The van der Waals surface area contributed by atoms with Gasteiger partial charge in [-0.3, -0.25) is 0 Å². The van der Waals surface area contributed by atoms with Crippen molar-refractivity contribution in [1.82, 2.24) is 15.2 Å². The lowest BCUT2D eigenvalue weighted by Gasteiger charge is -2.04. The Morgan fingerprint density at radius 2 is 2.16 bits per heavy atom. The second kappa shape index (κ2) is 5.72. The van der Waals surface area contributed by atoms with Gasteiger partial charge in [0, 0.05) is 14.1 Å². The van der Waals surface area contributed by atoms with Crippen molar-refractivity contribution in [3.05, 3.63) is 22.8 Å². The average molecular weight is 317 g/mol. The predicted octanol–water partition coefficient (Wildman–Crippen LogP) is 2.50. The summed E-state index contributed by atoms with van der Waals surface area (Å²) >= 11 is 8.27. The third-order valence-electron chi connectivity index (χ3n) is 2.02. The van der Waals surface area contributed by atoms with E-state index in [1.54, 1.807) is 0 Å². The molecule has 2 aromatic rings. The Morgan fingerprint density at radius 3 is 2.74 bits per heavy atom. The van der Waals surface area contributed by atoms with Gasteiger partial charge in [0.25, 0.3) is 0 Å². The number of halogens is 1. The van der Waals surface area contributed by atoms with Crippen LogP contribution in [0.3, 0.4) is 0 Å². The van der Waals surface area contributed by atoms with Gasteiger partial charge in [0.05, 0.1) is 5.56 Å². The van der Waals surface area contributed by atoms with Gasteiger partial charge >= 0.3 is 5.97 Å². The number of hydrogen-bond acceptors (Lipinski definition) is 7. The van der Waals surface area contributed by atoms with Crippen LogP contribution >= 0.6 is 34.7 Å². The van der Waals surface area contributed by atoms with Gasteiger partial charge < -0.3 is 10.0 Å². The van der Waals surface area contributed by atoms with E-state index >= 15 is 0 Å². The molecule has 0 bridgehead atoms. The summed E-state index contributed by atoms with van der Waals surface area (Å²) < 4.78 is 0.612. The van der Waals surface area contributed by atoms with E-state index < -0.39 is 5.97 Å². The summed E-state index contributed by atoms with van der Waals surface area (Å²) in [5, 5.41) is 18.3. The Morgan fingerprint density at radius 1 is 1.42 bits per heavy atom. The largest absolute Gasteiger partial charge is 0.478 e. The van der Waals surface area contributed by atoms with Crippen molar-refractivity contribution in [1.29, 1.82) is 0 Å². The first-order chi connectivity index (χ1) is 8.97. The molecular weight excluding hydrogens is 308 g/mol. The molecular formula is C10H9ClN4O2S2. The average Bonchev–Trinajstić information content (AvgIpc) is 2.77. The molecule has 0 amide bonds. The molecule has 0 aromatic carbocycles. The van der Waals surface area contributed by atoms with Crippen molar-refractivity contribution in [3.8, 4) is 0 Å². The molecule has 1 N–H and O–H groups in total. The van der Waals surface area contributed by atoms with Gasteiger partial charge in [0.15, 0.2) is 4.34 Å². The van der Waals surface area contributed by atoms with Gasteiger partial charge in [-0.2, -0.15) is 0 Å². The Kier molecular flexibility index (Phi) is 4.23. The topological polar surface area (TPSA) is 79.2 Å². The minimum Gasteiger partial charge on any atom is -0.478 e. The number of hydrogen-bond donors (Lipinski definition) is 1. The molecule has 0 aliphatic rings. The minimum absolute atomic E-state index is 0.0935. The Balaban J connectivity index is 2.31. The van der Waals surface area contributed by atoms with Crippen LogP contribution in [0.5, 0.6) is 0 Å². The van der Waals surface area contributed by atoms with E-state index in [2.05, 4.69) is 15.2 Å². The first kappa shape index (κ1) is 14.0. The molecule has 2 rings (SSSR count). The Hall–Kier alpha value is -1.38. The summed E-state index contributed by atoms with van der Waals surface area (Å²) in [4.78, 5) is 16.9. The van der Waals surface area contributed by atoms with Crippen LogP contribution in [0.15, 0.2) is 21.5 Å². The lowest BCUT2D eigenvalue weighted by Crippen LogP contribution is -2.07. The summed E-state index contributed by atoms with van der Waals surface area (Å²) in [6, 6.07) is 2.87. The molecule has 100 valence electrons. The molecule has 0 saturated heterocycles. The predicted molar refractivity (Wildman–Crippen MR) is 74.6 cm³/mol. The quantitative estimate of drug-likeness (QED) is 0.868. The van der Waals surface area contributed by atoms with Crippen LogP contribution in [-0.4, -0.2) is 40.4 Å². The molecule has 6 nitrogen and oxygen atoms in total. The van der Waals surface area contributed by atoms with Crippen molar-refractivity contribution in [3.63, 3.8) is 0 Å². The van der Waals surface area contributed by atoms with E-state index in [1.807, 2.05) is 19.0 Å². The number of carbonyl (C=O) groups is 1. The third-order valence-corrected chi connectivity index (χ3v) is 4.38. The van der Waals surface area contributed by atoms with Crippen molar-refractivity contribution >= 4 is 45.8 Å². The molecule has 2 heterocycles. The van der Waals surface area contributed by atoms with Crippen LogP contribution in [0.2, 0.25) is 5.15 Å². The van der Waals surface area contributed by atoms with E-state index in [0.29, 0.717) is 9.37 Å². The second-order valence-corrected chi connectivity index (χ2v) is 6.22. The molecule has 0 spiro atoms. The third kappa shape index (κ3) is 3.34. The summed E-state index contributed by atoms with van der Waals surface area (Å²) in [7, 11) is 3.71. The van der Waals surface area contributed by atoms with E-state index in [0.717, 1.165) is 16.9 Å². The summed E-state index contributed by atoms with van der Waals surface area (Å²) in [5.41, 5.74) is 0.0935. The SMILES string of the molecule is CN(C)c1nnc(Sc2nc(Cl)ccc2C(=O)O)s1. The number of anilines is 1. The molecule has 0 aliphatic heterocycles.